The van der Waals surface area contributed by atoms with Crippen LogP contribution < -0.4 is 13.7 Å². The monoisotopic (exact) mass is 592 g/mol. The summed E-state index contributed by atoms with van der Waals surface area (Å²) in [4.78, 5) is 25.7. The number of fused-ring (bicyclic) bond motifs is 6. The number of carbonyl (C=O) groups is 2. The van der Waals surface area contributed by atoms with Crippen LogP contribution in [0.15, 0.2) is 54.6 Å². The maximum Gasteiger partial charge on any atom is 0.534 e. The lowest BCUT2D eigenvalue weighted by atomic mass is 9.77. The zero-order valence-corrected chi connectivity index (χ0v) is 22.9. The molecule has 0 aromatic heterocycles. The molecule has 0 fully saturated rings. The van der Waals surface area contributed by atoms with E-state index >= 15 is 0 Å². The molecule has 2 aliphatic rings. The fraction of sp³-hybridized carbons (Fsp3) is 0.286. The van der Waals surface area contributed by atoms with Crippen molar-refractivity contribution in [2.75, 3.05) is 7.11 Å². The average Bonchev–Trinajstić information content (AvgIpc) is 3.13. The van der Waals surface area contributed by atoms with E-state index in [9.17, 15) is 31.2 Å². The molecule has 41 heavy (non-hydrogen) atoms. The molecule has 1 atom stereocenters. The van der Waals surface area contributed by atoms with Crippen LogP contribution in [0.4, 0.5) is 13.2 Å². The predicted octanol–water partition coefficient (Wildman–Crippen LogP) is 5.38. The molecule has 2 heterocycles. The topological polar surface area (TPSA) is 114 Å². The number of carbonyl (C=O) groups excluding carboxylic acids is 2. The smallest absolute Gasteiger partial charge is 0.497 e. The highest BCUT2D eigenvalue weighted by molar-refractivity contribution is 7.88. The van der Waals surface area contributed by atoms with Crippen molar-refractivity contribution in [3.63, 3.8) is 0 Å². The largest absolute Gasteiger partial charge is 0.534 e. The summed E-state index contributed by atoms with van der Waals surface area (Å²) in [6, 6.07) is 12.6. The van der Waals surface area contributed by atoms with Crippen molar-refractivity contribution in [2.45, 2.75) is 43.9 Å². The highest BCUT2D eigenvalue weighted by atomic mass is 32.2. The Balaban J connectivity index is 1.67. The van der Waals surface area contributed by atoms with Gasteiger partial charge in [0.2, 0.25) is 0 Å². The number of methoxy groups -OCH3 is 1. The summed E-state index contributed by atoms with van der Waals surface area (Å²) in [5.74, 6) is -1.51. The van der Waals surface area contributed by atoms with Crippen LogP contribution in [0.25, 0.3) is 0 Å². The van der Waals surface area contributed by atoms with Gasteiger partial charge in [-0.15, -0.1) is 0 Å². The number of hydrogen-bond donors (Lipinski definition) is 0. The molecule has 0 saturated heterocycles. The van der Waals surface area contributed by atoms with Gasteiger partial charge < -0.3 is 23.1 Å². The van der Waals surface area contributed by atoms with Gasteiger partial charge in [0.15, 0.2) is 5.60 Å². The molecular weight excluding hydrogens is 569 g/mol. The van der Waals surface area contributed by atoms with Crippen molar-refractivity contribution >= 4 is 22.1 Å². The third-order valence-corrected chi connectivity index (χ3v) is 7.29. The second kappa shape index (κ2) is 9.40. The minimum absolute atomic E-state index is 0.115. The molecule has 0 saturated carbocycles. The van der Waals surface area contributed by atoms with Gasteiger partial charge in [-0.25, -0.2) is 4.79 Å². The van der Waals surface area contributed by atoms with Gasteiger partial charge in [-0.1, -0.05) is 6.07 Å². The van der Waals surface area contributed by atoms with Gasteiger partial charge in [0.1, 0.15) is 28.6 Å². The van der Waals surface area contributed by atoms with Crippen molar-refractivity contribution in [1.29, 1.82) is 0 Å². The lowest BCUT2D eigenvalue weighted by Crippen LogP contribution is -2.33. The van der Waals surface area contributed by atoms with E-state index in [-0.39, 0.29) is 29.0 Å². The Hall–Kier alpha value is -4.26. The maximum atomic E-state index is 13.2. The quantitative estimate of drug-likeness (QED) is 0.219. The first-order chi connectivity index (χ1) is 19.0. The second-order valence-corrected chi connectivity index (χ2v) is 11.9. The average molecular weight is 593 g/mol. The number of halogens is 3. The van der Waals surface area contributed by atoms with Crippen LogP contribution >= 0.6 is 0 Å². The summed E-state index contributed by atoms with van der Waals surface area (Å²) in [5, 5.41) is 0. The van der Waals surface area contributed by atoms with Crippen LogP contribution in [0.5, 0.6) is 23.0 Å². The number of rotatable bonds is 5. The lowest BCUT2D eigenvalue weighted by molar-refractivity contribution is -0.153. The number of benzene rings is 3. The van der Waals surface area contributed by atoms with Crippen LogP contribution in [0.3, 0.4) is 0 Å². The molecule has 0 radical (unpaired) electrons. The third kappa shape index (κ3) is 4.94. The zero-order chi connectivity index (χ0) is 30.0. The summed E-state index contributed by atoms with van der Waals surface area (Å²) < 4.78 is 89.1. The van der Waals surface area contributed by atoms with Gasteiger partial charge >= 0.3 is 27.6 Å². The molecule has 216 valence electrons. The Morgan fingerprint density at radius 1 is 0.902 bits per heavy atom. The first-order valence-corrected chi connectivity index (χ1v) is 13.6. The minimum atomic E-state index is -5.97. The molecule has 1 spiro atoms. The normalized spacial score (nSPS) is 17.6. The highest BCUT2D eigenvalue weighted by Crippen LogP contribution is 2.57. The van der Waals surface area contributed by atoms with Crippen molar-refractivity contribution in [2.24, 2.45) is 0 Å². The van der Waals surface area contributed by atoms with E-state index in [1.54, 1.807) is 45.0 Å². The summed E-state index contributed by atoms with van der Waals surface area (Å²) in [7, 11) is -4.56. The summed E-state index contributed by atoms with van der Waals surface area (Å²) in [6.07, 6.45) is -0.115. The molecular formula is C28H23F3O9S. The molecule has 9 nitrogen and oxygen atoms in total. The molecule has 2 aliphatic heterocycles. The Morgan fingerprint density at radius 3 is 2.10 bits per heavy atom. The summed E-state index contributed by atoms with van der Waals surface area (Å²) >= 11 is 0. The van der Waals surface area contributed by atoms with Gasteiger partial charge in [-0.05, 0) is 62.7 Å². The molecule has 0 amide bonds. The summed E-state index contributed by atoms with van der Waals surface area (Å²) in [6.45, 7) is 5.20. The van der Waals surface area contributed by atoms with Gasteiger partial charge in [-0.3, -0.25) is 4.79 Å². The predicted molar refractivity (Wildman–Crippen MR) is 136 cm³/mol. The molecule has 0 bridgehead atoms. The number of hydrogen-bond acceptors (Lipinski definition) is 9. The van der Waals surface area contributed by atoms with E-state index in [1.807, 2.05) is 0 Å². The van der Waals surface area contributed by atoms with E-state index in [0.29, 0.717) is 22.4 Å². The standard InChI is InChI=1S/C28H23F3O9S/c1-26(2,3)38-24(32)12-15-5-8-18-21(11-15)27(39-25(18)33)19-9-6-16(36-4)13-22(19)37-23-14-17(7-10-20(23)27)40-41(34,35)28(29,30)31/h5-11,13-14H,12H2,1-4H3. The highest BCUT2D eigenvalue weighted by Gasteiger charge is 2.54. The third-order valence-electron chi connectivity index (χ3n) is 6.31. The van der Waals surface area contributed by atoms with Crippen LogP contribution in [0.2, 0.25) is 0 Å². The van der Waals surface area contributed by atoms with Crippen LogP contribution in [0.1, 0.15) is 53.4 Å². The molecule has 13 heteroatoms. The second-order valence-electron chi connectivity index (χ2n) is 10.3. The van der Waals surface area contributed by atoms with E-state index in [2.05, 4.69) is 4.18 Å². The van der Waals surface area contributed by atoms with Gasteiger partial charge in [0.05, 0.1) is 19.1 Å². The molecule has 3 aromatic rings. The molecule has 5 rings (SSSR count). The van der Waals surface area contributed by atoms with Gasteiger partial charge in [0, 0.05) is 28.8 Å². The molecule has 1 unspecified atom stereocenters. The zero-order valence-electron chi connectivity index (χ0n) is 22.1. The number of alkyl halides is 3. The van der Waals surface area contributed by atoms with Crippen molar-refractivity contribution < 1.29 is 54.3 Å². The number of ether oxygens (including phenoxy) is 4. The molecule has 0 aliphatic carbocycles. The summed E-state index contributed by atoms with van der Waals surface area (Å²) in [5.41, 5.74) is -6.44. The Bertz CT molecular complexity index is 1690. The van der Waals surface area contributed by atoms with Crippen molar-refractivity contribution in [3.8, 4) is 23.0 Å². The van der Waals surface area contributed by atoms with Crippen LogP contribution in [-0.4, -0.2) is 38.6 Å². The first-order valence-electron chi connectivity index (χ1n) is 12.1. The van der Waals surface area contributed by atoms with Crippen LogP contribution in [0, 0.1) is 0 Å². The fourth-order valence-corrected chi connectivity index (χ4v) is 5.19. The van der Waals surface area contributed by atoms with E-state index in [1.165, 1.54) is 25.3 Å². The van der Waals surface area contributed by atoms with E-state index < -0.39 is 44.5 Å². The Labute approximate surface area is 232 Å². The van der Waals surface area contributed by atoms with E-state index in [0.717, 1.165) is 12.1 Å². The maximum absolute atomic E-state index is 13.2. The SMILES string of the molecule is COc1ccc2c(c1)Oc1cc(OS(=O)(=O)C(F)(F)F)ccc1C21OC(=O)c2ccc(CC(=O)OC(C)(C)C)cc21. The minimum Gasteiger partial charge on any atom is -0.497 e. The lowest BCUT2D eigenvalue weighted by Gasteiger charge is -2.36. The molecule has 0 N–H and O–H groups in total. The Morgan fingerprint density at radius 2 is 1.51 bits per heavy atom. The van der Waals surface area contributed by atoms with Gasteiger partial charge in [0.25, 0.3) is 0 Å². The van der Waals surface area contributed by atoms with E-state index in [4.69, 9.17) is 18.9 Å². The van der Waals surface area contributed by atoms with Crippen molar-refractivity contribution in [1.82, 2.24) is 0 Å². The van der Waals surface area contributed by atoms with Crippen molar-refractivity contribution in [3.05, 3.63) is 82.4 Å². The fourth-order valence-electron chi connectivity index (χ4n) is 4.74. The van der Waals surface area contributed by atoms with Crippen LogP contribution in [-0.2, 0) is 36.4 Å². The molecule has 3 aromatic carbocycles. The Kier molecular flexibility index (Phi) is 6.48. The first kappa shape index (κ1) is 28.3. The number of esters is 2. The van der Waals surface area contributed by atoms with Gasteiger partial charge in [-0.2, -0.15) is 21.6 Å².